The average molecular weight is 457 g/mol. The Bertz CT molecular complexity index is 969. The summed E-state index contributed by atoms with van der Waals surface area (Å²) in [6, 6.07) is 16.1. The highest BCUT2D eigenvalue weighted by Gasteiger charge is 2.38. The van der Waals surface area contributed by atoms with Gasteiger partial charge in [-0.25, -0.2) is 4.99 Å². The molecule has 0 unspecified atom stereocenters. The summed E-state index contributed by atoms with van der Waals surface area (Å²) in [6.45, 7) is -2.86. The van der Waals surface area contributed by atoms with Gasteiger partial charge in [-0.2, -0.15) is 8.78 Å². The lowest BCUT2D eigenvalue weighted by Crippen LogP contribution is -2.39. The molecule has 0 atom stereocenters. The first-order chi connectivity index (χ1) is 15.6. The Morgan fingerprint density at radius 1 is 0.969 bits per heavy atom. The van der Waals surface area contributed by atoms with Gasteiger partial charge in [-0.15, -0.1) is 0 Å². The van der Waals surface area contributed by atoms with E-state index in [0.29, 0.717) is 10.1 Å². The maximum Gasteiger partial charge on any atom is 0.387 e. The van der Waals surface area contributed by atoms with Crippen molar-refractivity contribution in [1.82, 2.24) is 4.90 Å². The minimum absolute atomic E-state index is 0.0387. The summed E-state index contributed by atoms with van der Waals surface area (Å²) < 4.78 is 29.2. The van der Waals surface area contributed by atoms with Gasteiger partial charge in [0.2, 0.25) is 0 Å². The standard InChI is InChI=1S/C25H26F2N2O2S/c26-24(27)31-21-15-13-18(14-16-21)17-22-23(30)29(20-11-7-2-1-3-8-12-20)25(32-22)28-19-9-5-4-6-10-19/h4-6,9-10,13-17,20,24H,1-3,7-8,11-12H2. The van der Waals surface area contributed by atoms with E-state index in [9.17, 15) is 13.6 Å². The van der Waals surface area contributed by atoms with Crippen LogP contribution in [0.25, 0.3) is 6.08 Å². The molecule has 7 heteroatoms. The maximum absolute atomic E-state index is 13.5. The number of hydrogen-bond acceptors (Lipinski definition) is 4. The number of para-hydroxylation sites is 1. The van der Waals surface area contributed by atoms with Gasteiger partial charge in [0.05, 0.1) is 10.6 Å². The summed E-state index contributed by atoms with van der Waals surface area (Å²) >= 11 is 1.37. The van der Waals surface area contributed by atoms with Gasteiger partial charge in [0.15, 0.2) is 5.17 Å². The molecule has 1 aliphatic carbocycles. The predicted octanol–water partition coefficient (Wildman–Crippen LogP) is 7.00. The van der Waals surface area contributed by atoms with E-state index in [1.165, 1.54) is 43.2 Å². The van der Waals surface area contributed by atoms with E-state index in [-0.39, 0.29) is 17.7 Å². The van der Waals surface area contributed by atoms with Gasteiger partial charge < -0.3 is 4.74 Å². The topological polar surface area (TPSA) is 41.9 Å². The van der Waals surface area contributed by atoms with Gasteiger partial charge in [-0.1, -0.05) is 62.4 Å². The minimum Gasteiger partial charge on any atom is -0.435 e. The van der Waals surface area contributed by atoms with Crippen LogP contribution in [0.15, 0.2) is 64.5 Å². The first kappa shape index (κ1) is 22.5. The van der Waals surface area contributed by atoms with E-state index in [4.69, 9.17) is 4.99 Å². The number of nitrogens with zero attached hydrogens (tertiary/aromatic N) is 2. The van der Waals surface area contributed by atoms with E-state index >= 15 is 0 Å². The number of amides is 1. The zero-order valence-corrected chi connectivity index (χ0v) is 18.6. The molecule has 1 aliphatic heterocycles. The Morgan fingerprint density at radius 2 is 1.62 bits per heavy atom. The Morgan fingerprint density at radius 3 is 2.28 bits per heavy atom. The summed E-state index contributed by atoms with van der Waals surface area (Å²) in [6.07, 6.45) is 9.64. The fourth-order valence-electron chi connectivity index (χ4n) is 4.09. The highest BCUT2D eigenvalue weighted by molar-refractivity contribution is 8.18. The number of thioether (sulfide) groups is 1. The normalized spacial score (nSPS) is 20.7. The van der Waals surface area contributed by atoms with Crippen molar-refractivity contribution in [3.63, 3.8) is 0 Å². The molecule has 4 rings (SSSR count). The van der Waals surface area contributed by atoms with Crippen LogP contribution in [0.3, 0.4) is 0 Å². The van der Waals surface area contributed by atoms with Crippen LogP contribution in [0.4, 0.5) is 14.5 Å². The van der Waals surface area contributed by atoms with Crippen molar-refractivity contribution in [3.8, 4) is 5.75 Å². The summed E-state index contributed by atoms with van der Waals surface area (Å²) in [5.74, 6) is 0.0539. The van der Waals surface area contributed by atoms with E-state index < -0.39 is 6.61 Å². The van der Waals surface area contributed by atoms with Crippen LogP contribution >= 0.6 is 11.8 Å². The third-order valence-corrected chi connectivity index (χ3v) is 6.64. The largest absolute Gasteiger partial charge is 0.435 e. The van der Waals surface area contributed by atoms with Crippen LogP contribution in [0.5, 0.6) is 5.75 Å². The van der Waals surface area contributed by atoms with Crippen molar-refractivity contribution in [2.24, 2.45) is 4.99 Å². The molecule has 1 heterocycles. The number of hydrogen-bond donors (Lipinski definition) is 0. The monoisotopic (exact) mass is 456 g/mol. The van der Waals surface area contributed by atoms with Crippen LogP contribution in [-0.4, -0.2) is 28.6 Å². The molecule has 1 amide bonds. The summed E-state index contributed by atoms with van der Waals surface area (Å²) in [5.41, 5.74) is 1.56. The molecule has 2 fully saturated rings. The zero-order chi connectivity index (χ0) is 22.3. The van der Waals surface area contributed by atoms with Crippen molar-refractivity contribution < 1.29 is 18.3 Å². The molecule has 0 radical (unpaired) electrons. The number of rotatable bonds is 5. The fourth-order valence-corrected chi connectivity index (χ4v) is 5.15. The van der Waals surface area contributed by atoms with Crippen LogP contribution < -0.4 is 4.74 Å². The van der Waals surface area contributed by atoms with Gasteiger partial charge in [-0.05, 0) is 60.5 Å². The lowest BCUT2D eigenvalue weighted by atomic mass is 9.95. The van der Waals surface area contributed by atoms with Gasteiger partial charge in [-0.3, -0.25) is 9.69 Å². The maximum atomic E-state index is 13.5. The van der Waals surface area contributed by atoms with E-state index in [2.05, 4.69) is 4.74 Å². The molecule has 0 bridgehead atoms. The highest BCUT2D eigenvalue weighted by Crippen LogP contribution is 2.38. The second-order valence-corrected chi connectivity index (χ2v) is 8.97. The number of aliphatic imine (C=N–C) groups is 1. The number of benzene rings is 2. The molecule has 2 aromatic carbocycles. The van der Waals surface area contributed by atoms with E-state index in [0.717, 1.165) is 36.9 Å². The predicted molar refractivity (Wildman–Crippen MR) is 125 cm³/mol. The van der Waals surface area contributed by atoms with Crippen molar-refractivity contribution in [3.05, 3.63) is 65.1 Å². The van der Waals surface area contributed by atoms with Crippen molar-refractivity contribution >= 4 is 34.6 Å². The Hall–Kier alpha value is -2.67. The van der Waals surface area contributed by atoms with Crippen LogP contribution in [0, 0.1) is 0 Å². The highest BCUT2D eigenvalue weighted by atomic mass is 32.2. The molecule has 0 N–H and O–H groups in total. The van der Waals surface area contributed by atoms with Crippen LogP contribution in [-0.2, 0) is 4.79 Å². The molecule has 1 saturated heterocycles. The number of halogens is 2. The number of carbonyl (C=O) groups is 1. The quantitative estimate of drug-likeness (QED) is 0.455. The third kappa shape index (κ3) is 5.76. The van der Waals surface area contributed by atoms with Crippen molar-refractivity contribution in [2.45, 2.75) is 57.6 Å². The lowest BCUT2D eigenvalue weighted by molar-refractivity contribution is -0.124. The SMILES string of the molecule is O=C1C(=Cc2ccc(OC(F)F)cc2)SC(=Nc2ccccc2)N1C1CCCCCCC1. The second-order valence-electron chi connectivity index (χ2n) is 7.96. The smallest absolute Gasteiger partial charge is 0.387 e. The lowest BCUT2D eigenvalue weighted by Gasteiger charge is -2.28. The Labute approximate surface area is 191 Å². The first-order valence-electron chi connectivity index (χ1n) is 11.0. The molecular weight excluding hydrogens is 430 g/mol. The number of amidine groups is 1. The van der Waals surface area contributed by atoms with Crippen molar-refractivity contribution in [2.75, 3.05) is 0 Å². The van der Waals surface area contributed by atoms with Gasteiger partial charge in [0.25, 0.3) is 5.91 Å². The molecule has 2 aliphatic rings. The van der Waals surface area contributed by atoms with Crippen molar-refractivity contribution in [1.29, 1.82) is 0 Å². The number of alkyl halides is 2. The average Bonchev–Trinajstić information content (AvgIpc) is 3.04. The zero-order valence-electron chi connectivity index (χ0n) is 17.8. The molecule has 168 valence electrons. The molecule has 2 aromatic rings. The molecule has 0 aromatic heterocycles. The van der Waals surface area contributed by atoms with Gasteiger partial charge >= 0.3 is 6.61 Å². The third-order valence-electron chi connectivity index (χ3n) is 5.66. The Kier molecular flexibility index (Phi) is 7.58. The summed E-state index contributed by atoms with van der Waals surface area (Å²) in [7, 11) is 0. The Balaban J connectivity index is 1.62. The molecule has 32 heavy (non-hydrogen) atoms. The van der Waals surface area contributed by atoms with Crippen LogP contribution in [0.2, 0.25) is 0 Å². The molecule has 4 nitrogen and oxygen atoms in total. The number of carbonyl (C=O) groups excluding carboxylic acids is 1. The van der Waals surface area contributed by atoms with Gasteiger partial charge in [0.1, 0.15) is 5.75 Å². The van der Waals surface area contributed by atoms with Gasteiger partial charge in [0, 0.05) is 6.04 Å². The molecule has 0 spiro atoms. The molecular formula is C25H26F2N2O2S. The molecule has 1 saturated carbocycles. The second kappa shape index (κ2) is 10.8. The number of ether oxygens (including phenoxy) is 1. The summed E-state index contributed by atoms with van der Waals surface area (Å²) in [4.78, 5) is 20.7. The van der Waals surface area contributed by atoms with Crippen LogP contribution in [0.1, 0.15) is 50.5 Å². The fraction of sp³-hybridized carbons (Fsp3) is 0.360. The first-order valence-corrected chi connectivity index (χ1v) is 11.8. The summed E-state index contributed by atoms with van der Waals surface area (Å²) in [5, 5.41) is 0.704. The minimum atomic E-state index is -2.86. The van der Waals surface area contributed by atoms with E-state index in [1.807, 2.05) is 35.2 Å². The van der Waals surface area contributed by atoms with E-state index in [1.54, 1.807) is 18.2 Å².